The third kappa shape index (κ3) is 0.772. The molecular weight excluding hydrogens is 144 g/mol. The Kier molecular flexibility index (Phi) is 1.12. The molecule has 2 aliphatic rings. The van der Waals surface area contributed by atoms with Gasteiger partial charge in [-0.25, -0.2) is 5.01 Å². The molecule has 0 N–H and O–H groups in total. The van der Waals surface area contributed by atoms with Gasteiger partial charge in [-0.15, -0.1) is 0 Å². The summed E-state index contributed by atoms with van der Waals surface area (Å²) in [6.45, 7) is 0. The van der Waals surface area contributed by atoms with Gasteiger partial charge in [0.25, 0.3) is 5.91 Å². The second-order valence-electron chi connectivity index (χ2n) is 2.37. The van der Waals surface area contributed by atoms with E-state index in [0.29, 0.717) is 0 Å². The van der Waals surface area contributed by atoms with Crippen LogP contribution in [0.5, 0.6) is 0 Å². The standard InChI is InChI=1S/C6H6N4O/c1-10-6(11)5-4(3-8-10)2-7-9-5/h2-3,5H,1H3. The van der Waals surface area contributed by atoms with Gasteiger partial charge in [0.2, 0.25) is 0 Å². The average molecular weight is 150 g/mol. The maximum atomic E-state index is 11.2. The van der Waals surface area contributed by atoms with Crippen LogP contribution in [0.2, 0.25) is 0 Å². The lowest BCUT2D eigenvalue weighted by molar-refractivity contribution is -0.130. The number of fused-ring (bicyclic) bond motifs is 1. The van der Waals surface area contributed by atoms with E-state index in [1.54, 1.807) is 19.5 Å². The molecule has 2 aliphatic heterocycles. The summed E-state index contributed by atoms with van der Waals surface area (Å²) in [5, 5.41) is 12.5. The Morgan fingerprint density at radius 1 is 1.64 bits per heavy atom. The molecule has 5 nitrogen and oxygen atoms in total. The molecule has 0 spiro atoms. The van der Waals surface area contributed by atoms with Crippen molar-refractivity contribution in [3.63, 3.8) is 0 Å². The smallest absolute Gasteiger partial charge is 0.270 e. The first-order chi connectivity index (χ1) is 5.29. The van der Waals surface area contributed by atoms with Crippen molar-refractivity contribution in [2.24, 2.45) is 15.3 Å². The van der Waals surface area contributed by atoms with Crippen molar-refractivity contribution in [3.8, 4) is 0 Å². The van der Waals surface area contributed by atoms with E-state index in [4.69, 9.17) is 0 Å². The highest BCUT2D eigenvalue weighted by atomic mass is 16.2. The monoisotopic (exact) mass is 150 g/mol. The highest BCUT2D eigenvalue weighted by molar-refractivity contribution is 5.98. The number of rotatable bonds is 0. The minimum absolute atomic E-state index is 0.125. The van der Waals surface area contributed by atoms with Gasteiger partial charge in [-0.1, -0.05) is 0 Å². The van der Waals surface area contributed by atoms with Crippen molar-refractivity contribution in [2.45, 2.75) is 6.04 Å². The van der Waals surface area contributed by atoms with Gasteiger partial charge in [0.15, 0.2) is 6.04 Å². The fraction of sp³-hybridized carbons (Fsp3) is 0.333. The molecule has 0 fully saturated rings. The molecule has 11 heavy (non-hydrogen) atoms. The van der Waals surface area contributed by atoms with E-state index in [1.807, 2.05) is 0 Å². The van der Waals surface area contributed by atoms with Gasteiger partial charge >= 0.3 is 0 Å². The maximum Gasteiger partial charge on any atom is 0.273 e. The molecule has 0 saturated heterocycles. The largest absolute Gasteiger partial charge is 0.273 e. The van der Waals surface area contributed by atoms with Crippen molar-refractivity contribution in [3.05, 3.63) is 11.8 Å². The molecule has 0 saturated carbocycles. The fourth-order valence-electron chi connectivity index (χ4n) is 0.987. The quantitative estimate of drug-likeness (QED) is 0.485. The van der Waals surface area contributed by atoms with Crippen LogP contribution < -0.4 is 0 Å². The van der Waals surface area contributed by atoms with Crippen LogP contribution in [0.1, 0.15) is 0 Å². The number of hydrazone groups is 1. The Bertz CT molecular complexity index is 291. The number of carbonyl (C=O) groups excluding carboxylic acids is 1. The Morgan fingerprint density at radius 3 is 3.27 bits per heavy atom. The molecule has 56 valence electrons. The molecule has 1 atom stereocenters. The minimum atomic E-state index is -0.433. The molecule has 1 amide bonds. The van der Waals surface area contributed by atoms with Gasteiger partial charge in [0.05, 0.1) is 12.4 Å². The predicted molar refractivity (Wildman–Crippen MR) is 38.0 cm³/mol. The number of amides is 1. The minimum Gasteiger partial charge on any atom is -0.270 e. The van der Waals surface area contributed by atoms with Crippen molar-refractivity contribution < 1.29 is 4.79 Å². The van der Waals surface area contributed by atoms with E-state index in [-0.39, 0.29) is 5.91 Å². The lowest BCUT2D eigenvalue weighted by atomic mass is 10.1. The molecule has 0 aliphatic carbocycles. The van der Waals surface area contributed by atoms with Gasteiger partial charge in [0, 0.05) is 12.6 Å². The molecule has 0 radical (unpaired) electrons. The van der Waals surface area contributed by atoms with Crippen LogP contribution in [0.3, 0.4) is 0 Å². The first kappa shape index (κ1) is 6.21. The molecule has 0 aromatic rings. The van der Waals surface area contributed by atoms with Gasteiger partial charge < -0.3 is 0 Å². The van der Waals surface area contributed by atoms with Crippen molar-refractivity contribution in [2.75, 3.05) is 7.05 Å². The number of hydrogen-bond acceptors (Lipinski definition) is 4. The first-order valence-corrected chi connectivity index (χ1v) is 3.20. The van der Waals surface area contributed by atoms with Crippen LogP contribution in [-0.4, -0.2) is 30.2 Å². The number of hydrogen-bond donors (Lipinski definition) is 0. The lowest BCUT2D eigenvalue weighted by Crippen LogP contribution is -2.36. The summed E-state index contributed by atoms with van der Waals surface area (Å²) >= 11 is 0. The summed E-state index contributed by atoms with van der Waals surface area (Å²) in [6, 6.07) is -0.433. The number of nitrogens with zero attached hydrogens (tertiary/aromatic N) is 4. The number of azo groups is 1. The first-order valence-electron chi connectivity index (χ1n) is 3.20. The summed E-state index contributed by atoms with van der Waals surface area (Å²) in [7, 11) is 1.60. The van der Waals surface area contributed by atoms with Crippen LogP contribution in [0, 0.1) is 0 Å². The predicted octanol–water partition coefficient (Wildman–Crippen LogP) is 0.163. The van der Waals surface area contributed by atoms with Gasteiger partial charge in [0.1, 0.15) is 0 Å². The van der Waals surface area contributed by atoms with E-state index in [9.17, 15) is 4.79 Å². The molecular formula is C6H6N4O. The van der Waals surface area contributed by atoms with E-state index in [0.717, 1.165) is 5.57 Å². The Morgan fingerprint density at radius 2 is 2.45 bits per heavy atom. The number of likely N-dealkylation sites (N-methyl/N-ethyl adjacent to an activating group) is 1. The van der Waals surface area contributed by atoms with Crippen molar-refractivity contribution in [1.29, 1.82) is 0 Å². The summed E-state index contributed by atoms with van der Waals surface area (Å²) < 4.78 is 0. The zero-order valence-electron chi connectivity index (χ0n) is 5.93. The lowest BCUT2D eigenvalue weighted by Gasteiger charge is -2.18. The SMILES string of the molecule is CN1N=CC2=CN=NC2C1=O. The molecule has 2 heterocycles. The topological polar surface area (TPSA) is 57.4 Å². The zero-order chi connectivity index (χ0) is 7.84. The van der Waals surface area contributed by atoms with Crippen LogP contribution in [-0.2, 0) is 4.79 Å². The van der Waals surface area contributed by atoms with E-state index in [2.05, 4.69) is 15.3 Å². The second-order valence-corrected chi connectivity index (χ2v) is 2.37. The van der Waals surface area contributed by atoms with E-state index in [1.165, 1.54) is 5.01 Å². The van der Waals surface area contributed by atoms with Crippen LogP contribution in [0.25, 0.3) is 0 Å². The van der Waals surface area contributed by atoms with Crippen LogP contribution in [0.15, 0.2) is 27.1 Å². The third-order valence-corrected chi connectivity index (χ3v) is 1.64. The molecule has 0 bridgehead atoms. The van der Waals surface area contributed by atoms with E-state index < -0.39 is 6.04 Å². The van der Waals surface area contributed by atoms with Crippen LogP contribution in [0.4, 0.5) is 0 Å². The van der Waals surface area contributed by atoms with Gasteiger partial charge in [-0.2, -0.15) is 15.3 Å². The third-order valence-electron chi connectivity index (χ3n) is 1.64. The van der Waals surface area contributed by atoms with E-state index >= 15 is 0 Å². The fourth-order valence-corrected chi connectivity index (χ4v) is 0.987. The molecule has 5 heteroatoms. The van der Waals surface area contributed by atoms with Crippen molar-refractivity contribution in [1.82, 2.24) is 5.01 Å². The average Bonchev–Trinajstić information content (AvgIpc) is 2.45. The molecule has 1 unspecified atom stereocenters. The summed E-state index contributed by atoms with van der Waals surface area (Å²) in [6.07, 6.45) is 3.16. The Labute approximate surface area is 63.1 Å². The Hall–Kier alpha value is -1.52. The summed E-state index contributed by atoms with van der Waals surface area (Å²) in [5.74, 6) is -0.125. The Balaban J connectivity index is 2.40. The highest BCUT2D eigenvalue weighted by Crippen LogP contribution is 2.18. The normalized spacial score (nSPS) is 27.4. The maximum absolute atomic E-state index is 11.2. The molecule has 0 aromatic carbocycles. The van der Waals surface area contributed by atoms with Gasteiger partial charge in [-0.3, -0.25) is 4.79 Å². The van der Waals surface area contributed by atoms with Crippen molar-refractivity contribution >= 4 is 12.1 Å². The van der Waals surface area contributed by atoms with Gasteiger partial charge in [-0.05, 0) is 0 Å². The summed E-state index contributed by atoms with van der Waals surface area (Å²) in [4.78, 5) is 11.2. The highest BCUT2D eigenvalue weighted by Gasteiger charge is 2.30. The summed E-state index contributed by atoms with van der Waals surface area (Å²) in [5.41, 5.74) is 0.771. The zero-order valence-corrected chi connectivity index (χ0v) is 5.93. The number of carbonyl (C=O) groups is 1. The van der Waals surface area contributed by atoms with Crippen LogP contribution >= 0.6 is 0 Å². The molecule has 2 rings (SSSR count). The molecule has 0 aromatic heterocycles. The second kappa shape index (κ2) is 1.98.